The van der Waals surface area contributed by atoms with Gasteiger partial charge in [0, 0.05) is 36.2 Å². The second-order valence-corrected chi connectivity index (χ2v) is 11.6. The first kappa shape index (κ1) is 28.2. The maximum absolute atomic E-state index is 13.8. The van der Waals surface area contributed by atoms with Crippen molar-refractivity contribution in [2.75, 3.05) is 31.2 Å². The van der Waals surface area contributed by atoms with E-state index in [0.29, 0.717) is 40.1 Å². The minimum absolute atomic E-state index is 0.0231. The Balaban J connectivity index is 1.36. The third kappa shape index (κ3) is 5.86. The van der Waals surface area contributed by atoms with Crippen LogP contribution in [0.5, 0.6) is 11.6 Å². The zero-order valence-corrected chi connectivity index (χ0v) is 24.0. The number of rotatable bonds is 7. The summed E-state index contributed by atoms with van der Waals surface area (Å²) >= 11 is 7.48. The van der Waals surface area contributed by atoms with E-state index in [9.17, 15) is 14.0 Å². The smallest absolute Gasteiger partial charge is 0.242 e. The van der Waals surface area contributed by atoms with Crippen LogP contribution in [0.25, 0.3) is 0 Å². The van der Waals surface area contributed by atoms with Gasteiger partial charge in [0.2, 0.25) is 11.8 Å². The zero-order chi connectivity index (χ0) is 29.1. The fraction of sp³-hybridized carbons (Fsp3) is 0.219. The largest absolute Gasteiger partial charge is 0.439 e. The van der Waals surface area contributed by atoms with Crippen molar-refractivity contribution in [3.8, 4) is 11.6 Å². The number of carbonyl (C=O) groups excluding carboxylic acids is 2. The molecule has 2 saturated heterocycles. The summed E-state index contributed by atoms with van der Waals surface area (Å²) in [4.78, 5) is 35.1. The molecule has 0 spiro atoms. The third-order valence-corrected chi connectivity index (χ3v) is 9.09. The summed E-state index contributed by atoms with van der Waals surface area (Å²) in [5.41, 5.74) is 0.953. The van der Waals surface area contributed by atoms with Crippen molar-refractivity contribution in [1.29, 1.82) is 0 Å². The van der Waals surface area contributed by atoms with Gasteiger partial charge in [-0.05, 0) is 60.2 Å². The molecule has 7 nitrogen and oxygen atoms in total. The summed E-state index contributed by atoms with van der Waals surface area (Å²) in [6.45, 7) is 2.88. The van der Waals surface area contributed by atoms with Crippen LogP contribution < -0.4 is 15.0 Å². The standard InChI is InChI=1S/C32H27ClFN3O4S/c33-25-4-1-2-5-27(25)42-30-26(38)20-32(36-31(30)39,21-8-12-23(13-9-21)37-16-18-40-19-17-37)28-6-3-7-29(35-28)41-24-14-10-22(34)11-15-24/h1-15,30H,16-20H2,(H,36,39). The van der Waals surface area contributed by atoms with E-state index in [4.69, 9.17) is 26.1 Å². The first-order chi connectivity index (χ1) is 20.4. The molecule has 0 saturated carbocycles. The number of nitrogens with zero attached hydrogens (tertiary/aromatic N) is 2. The van der Waals surface area contributed by atoms with Gasteiger partial charge in [0.25, 0.3) is 0 Å². The Bertz CT molecular complexity index is 1580. The van der Waals surface area contributed by atoms with Gasteiger partial charge in [-0.25, -0.2) is 9.37 Å². The average Bonchev–Trinajstić information content (AvgIpc) is 3.01. The fourth-order valence-electron chi connectivity index (χ4n) is 5.19. The Hall–Kier alpha value is -3.92. The van der Waals surface area contributed by atoms with Crippen molar-refractivity contribution < 1.29 is 23.5 Å². The van der Waals surface area contributed by atoms with Crippen LogP contribution in [0.15, 0.2) is 95.9 Å². The summed E-state index contributed by atoms with van der Waals surface area (Å²) in [5, 5.41) is 2.66. The van der Waals surface area contributed by atoms with Crippen molar-refractivity contribution in [2.45, 2.75) is 22.1 Å². The minimum atomic E-state index is -1.24. The Labute approximate surface area is 252 Å². The molecule has 1 amide bonds. The van der Waals surface area contributed by atoms with Gasteiger partial charge in [-0.15, -0.1) is 11.8 Å². The number of nitrogens with one attached hydrogen (secondary N) is 1. The summed E-state index contributed by atoms with van der Waals surface area (Å²) < 4.78 is 24.8. The number of ketones is 1. The second-order valence-electron chi connectivity index (χ2n) is 10.0. The summed E-state index contributed by atoms with van der Waals surface area (Å²) in [5.74, 6) is -0.397. The van der Waals surface area contributed by atoms with Gasteiger partial charge in [-0.2, -0.15) is 0 Å². The average molecular weight is 604 g/mol. The first-order valence-electron chi connectivity index (χ1n) is 13.5. The Morgan fingerprint density at radius 1 is 0.952 bits per heavy atom. The number of piperidine rings is 1. The number of aromatic nitrogens is 1. The minimum Gasteiger partial charge on any atom is -0.439 e. The molecule has 42 heavy (non-hydrogen) atoms. The molecular weight excluding hydrogens is 577 g/mol. The van der Waals surface area contributed by atoms with E-state index in [1.54, 1.807) is 36.4 Å². The summed E-state index contributed by atoms with van der Waals surface area (Å²) in [6.07, 6.45) is -0.0231. The van der Waals surface area contributed by atoms with E-state index >= 15 is 0 Å². The SMILES string of the molecule is O=C1CC(c2ccc(N3CCOCC3)cc2)(c2cccc(Oc3ccc(F)cc3)n2)NC(=O)C1Sc1ccccc1Cl. The topological polar surface area (TPSA) is 80.8 Å². The fourth-order valence-corrected chi connectivity index (χ4v) is 6.44. The highest BCUT2D eigenvalue weighted by molar-refractivity contribution is 8.01. The lowest BCUT2D eigenvalue weighted by molar-refractivity contribution is -0.133. The molecule has 2 atom stereocenters. The number of benzene rings is 3. The third-order valence-electron chi connectivity index (χ3n) is 7.32. The molecule has 3 heterocycles. The number of Topliss-reactive ketones (excluding diaryl/α,β-unsaturated/α-hetero) is 1. The molecule has 0 aliphatic carbocycles. The van der Waals surface area contributed by atoms with Crippen LogP contribution in [0, 0.1) is 5.82 Å². The Morgan fingerprint density at radius 2 is 1.69 bits per heavy atom. The van der Waals surface area contributed by atoms with E-state index in [0.717, 1.165) is 30.5 Å². The number of carbonyl (C=O) groups is 2. The predicted molar refractivity (Wildman–Crippen MR) is 160 cm³/mol. The molecule has 2 aliphatic rings. The molecule has 1 aromatic heterocycles. The molecule has 1 N–H and O–H groups in total. The van der Waals surface area contributed by atoms with Gasteiger partial charge in [-0.1, -0.05) is 41.9 Å². The molecule has 2 unspecified atom stereocenters. The number of halogens is 2. The highest BCUT2D eigenvalue weighted by atomic mass is 35.5. The van der Waals surface area contributed by atoms with Crippen LogP contribution in [0.1, 0.15) is 17.7 Å². The zero-order valence-electron chi connectivity index (χ0n) is 22.5. The Kier molecular flexibility index (Phi) is 8.15. The van der Waals surface area contributed by atoms with Crippen molar-refractivity contribution in [2.24, 2.45) is 0 Å². The molecule has 214 valence electrons. The molecule has 0 radical (unpaired) electrons. The van der Waals surface area contributed by atoms with E-state index in [-0.39, 0.29) is 23.9 Å². The number of hydrogen-bond donors (Lipinski definition) is 1. The van der Waals surface area contributed by atoms with Crippen LogP contribution in [0.4, 0.5) is 10.1 Å². The number of hydrogen-bond acceptors (Lipinski definition) is 7. The van der Waals surface area contributed by atoms with Gasteiger partial charge in [0.15, 0.2) is 5.78 Å². The number of pyridine rings is 1. The second kappa shape index (κ2) is 12.1. The lowest BCUT2D eigenvalue weighted by Crippen LogP contribution is -2.58. The summed E-state index contributed by atoms with van der Waals surface area (Å²) in [7, 11) is 0. The van der Waals surface area contributed by atoms with Crippen LogP contribution in [-0.4, -0.2) is 48.2 Å². The molecule has 2 fully saturated rings. The molecule has 4 aromatic rings. The van der Waals surface area contributed by atoms with Gasteiger partial charge < -0.3 is 19.7 Å². The summed E-state index contributed by atoms with van der Waals surface area (Å²) in [6, 6.07) is 25.8. The molecule has 2 aliphatic heterocycles. The molecule has 10 heteroatoms. The number of morpholine rings is 1. The quantitative estimate of drug-likeness (QED) is 0.260. The highest BCUT2D eigenvalue weighted by Gasteiger charge is 2.48. The first-order valence-corrected chi connectivity index (χ1v) is 14.8. The molecule has 0 bridgehead atoms. The van der Waals surface area contributed by atoms with Crippen LogP contribution in [0.2, 0.25) is 5.02 Å². The lowest BCUT2D eigenvalue weighted by atomic mass is 9.78. The van der Waals surface area contributed by atoms with E-state index in [2.05, 4.69) is 10.2 Å². The lowest BCUT2D eigenvalue weighted by Gasteiger charge is -2.40. The predicted octanol–water partition coefficient (Wildman–Crippen LogP) is 6.00. The van der Waals surface area contributed by atoms with Crippen molar-refractivity contribution in [1.82, 2.24) is 10.3 Å². The van der Waals surface area contributed by atoms with Gasteiger partial charge >= 0.3 is 0 Å². The Morgan fingerprint density at radius 3 is 2.40 bits per heavy atom. The van der Waals surface area contributed by atoms with E-state index < -0.39 is 16.7 Å². The normalized spacial score (nSPS) is 20.7. The number of anilines is 1. The number of amides is 1. The van der Waals surface area contributed by atoms with Gasteiger partial charge in [-0.3, -0.25) is 9.59 Å². The van der Waals surface area contributed by atoms with Crippen LogP contribution >= 0.6 is 23.4 Å². The van der Waals surface area contributed by atoms with Crippen LogP contribution in [-0.2, 0) is 19.9 Å². The van der Waals surface area contributed by atoms with Crippen molar-refractivity contribution in [3.05, 3.63) is 113 Å². The molecular formula is C32H27ClFN3O4S. The van der Waals surface area contributed by atoms with Gasteiger partial charge in [0.1, 0.15) is 22.4 Å². The van der Waals surface area contributed by atoms with Crippen LogP contribution in [0.3, 0.4) is 0 Å². The maximum atomic E-state index is 13.8. The van der Waals surface area contributed by atoms with E-state index in [1.165, 1.54) is 24.3 Å². The molecule has 6 rings (SSSR count). The molecule has 3 aromatic carbocycles. The van der Waals surface area contributed by atoms with Gasteiger partial charge in [0.05, 0.1) is 23.9 Å². The monoisotopic (exact) mass is 603 g/mol. The number of thioether (sulfide) groups is 1. The van der Waals surface area contributed by atoms with Crippen molar-refractivity contribution in [3.63, 3.8) is 0 Å². The van der Waals surface area contributed by atoms with E-state index in [1.807, 2.05) is 30.3 Å². The maximum Gasteiger partial charge on any atom is 0.242 e. The highest BCUT2D eigenvalue weighted by Crippen LogP contribution is 2.41. The van der Waals surface area contributed by atoms with Crippen molar-refractivity contribution >= 4 is 40.7 Å². The number of ether oxygens (including phenoxy) is 2.